The molecule has 4 nitrogen and oxygen atoms in total. The van der Waals surface area contributed by atoms with Crippen LogP contribution in [-0.4, -0.2) is 15.8 Å². The minimum atomic E-state index is -0.0435. The van der Waals surface area contributed by atoms with Gasteiger partial charge in [0.2, 0.25) is 0 Å². The number of carbonyl (C=O) groups is 1. The average Bonchev–Trinajstić information content (AvgIpc) is 2.66. The van der Waals surface area contributed by atoms with Crippen molar-refractivity contribution in [2.75, 3.05) is 0 Å². The molecule has 0 radical (unpaired) electrons. The molecule has 4 heteroatoms. The molecule has 0 saturated heterocycles. The lowest BCUT2D eigenvalue weighted by Crippen LogP contribution is -2.03. The molecule has 0 aliphatic carbocycles. The molecule has 76 valence electrons. The predicted octanol–water partition coefficient (Wildman–Crippen LogP) is 1.80. The van der Waals surface area contributed by atoms with E-state index in [0.29, 0.717) is 18.0 Å². The summed E-state index contributed by atoms with van der Waals surface area (Å²) in [6.07, 6.45) is 5.04. The zero-order valence-corrected chi connectivity index (χ0v) is 8.30. The van der Waals surface area contributed by atoms with Crippen LogP contribution in [0.1, 0.15) is 21.9 Å². The van der Waals surface area contributed by atoms with Crippen molar-refractivity contribution in [2.24, 2.45) is 0 Å². The van der Waals surface area contributed by atoms with Crippen molar-refractivity contribution < 1.29 is 9.21 Å². The summed E-state index contributed by atoms with van der Waals surface area (Å²) in [5, 5.41) is 0. The van der Waals surface area contributed by atoms with E-state index in [9.17, 15) is 4.79 Å². The van der Waals surface area contributed by atoms with Crippen LogP contribution in [-0.2, 0) is 6.42 Å². The first kappa shape index (κ1) is 9.58. The number of hydrogen-bond acceptors (Lipinski definition) is 4. The minimum absolute atomic E-state index is 0.0435. The minimum Gasteiger partial charge on any atom is -0.449 e. The van der Waals surface area contributed by atoms with E-state index < -0.39 is 0 Å². The second kappa shape index (κ2) is 4.04. The van der Waals surface area contributed by atoms with Crippen LogP contribution in [0.2, 0.25) is 0 Å². The van der Waals surface area contributed by atoms with Crippen molar-refractivity contribution >= 4 is 5.78 Å². The molecule has 0 bridgehead atoms. The van der Waals surface area contributed by atoms with E-state index in [2.05, 4.69) is 9.97 Å². The molecule has 2 aromatic rings. The second-order valence-corrected chi connectivity index (χ2v) is 3.21. The van der Waals surface area contributed by atoms with Crippen LogP contribution in [0.25, 0.3) is 0 Å². The van der Waals surface area contributed by atoms with Crippen molar-refractivity contribution in [3.63, 3.8) is 0 Å². The Morgan fingerprint density at radius 2 is 2.13 bits per heavy atom. The zero-order chi connectivity index (χ0) is 10.7. The van der Waals surface area contributed by atoms with E-state index >= 15 is 0 Å². The van der Waals surface area contributed by atoms with Gasteiger partial charge in [0.15, 0.2) is 11.7 Å². The standard InChI is InChI=1S/C11H10N2O2/c1-8-13-10(7-15-8)11(14)6-9-2-4-12-5-3-9/h2-5,7H,6H2,1H3. The van der Waals surface area contributed by atoms with Crippen LogP contribution in [0.3, 0.4) is 0 Å². The first-order chi connectivity index (χ1) is 7.25. The van der Waals surface area contributed by atoms with Crippen LogP contribution < -0.4 is 0 Å². The summed E-state index contributed by atoms with van der Waals surface area (Å²) < 4.78 is 4.98. The highest BCUT2D eigenvalue weighted by Crippen LogP contribution is 2.06. The van der Waals surface area contributed by atoms with Gasteiger partial charge in [0.05, 0.1) is 0 Å². The Hall–Kier alpha value is -1.97. The van der Waals surface area contributed by atoms with Crippen molar-refractivity contribution in [2.45, 2.75) is 13.3 Å². The fourth-order valence-electron chi connectivity index (χ4n) is 1.27. The highest BCUT2D eigenvalue weighted by molar-refractivity contribution is 5.95. The van der Waals surface area contributed by atoms with Gasteiger partial charge in [-0.05, 0) is 17.7 Å². The summed E-state index contributed by atoms with van der Waals surface area (Å²) >= 11 is 0. The summed E-state index contributed by atoms with van der Waals surface area (Å²) in [5.74, 6) is 0.464. The Balaban J connectivity index is 2.11. The topological polar surface area (TPSA) is 56.0 Å². The van der Waals surface area contributed by atoms with Crippen molar-refractivity contribution in [1.82, 2.24) is 9.97 Å². The van der Waals surface area contributed by atoms with Gasteiger partial charge in [-0.2, -0.15) is 0 Å². The highest BCUT2D eigenvalue weighted by atomic mass is 16.3. The predicted molar refractivity (Wildman–Crippen MR) is 53.5 cm³/mol. The molecule has 0 aliphatic rings. The number of aryl methyl sites for hydroxylation is 1. The molecule has 0 spiro atoms. The molecule has 2 rings (SSSR count). The highest BCUT2D eigenvalue weighted by Gasteiger charge is 2.10. The fourth-order valence-corrected chi connectivity index (χ4v) is 1.27. The molecule has 0 unspecified atom stereocenters. The second-order valence-electron chi connectivity index (χ2n) is 3.21. The molecule has 0 N–H and O–H groups in total. The molecule has 0 saturated carbocycles. The molecule has 0 atom stereocenters. The largest absolute Gasteiger partial charge is 0.449 e. The number of oxazole rings is 1. The Morgan fingerprint density at radius 1 is 1.40 bits per heavy atom. The van der Waals surface area contributed by atoms with E-state index in [1.165, 1.54) is 6.26 Å². The fraction of sp³-hybridized carbons (Fsp3) is 0.182. The lowest BCUT2D eigenvalue weighted by molar-refractivity contribution is 0.0988. The molecule has 2 heterocycles. The van der Waals surface area contributed by atoms with Gasteiger partial charge >= 0.3 is 0 Å². The van der Waals surface area contributed by atoms with Crippen molar-refractivity contribution in [3.8, 4) is 0 Å². The molecular formula is C11H10N2O2. The SMILES string of the molecule is Cc1nc(C(=O)Cc2ccncc2)co1. The van der Waals surface area contributed by atoms with E-state index in [-0.39, 0.29) is 5.78 Å². The van der Waals surface area contributed by atoms with E-state index in [1.807, 2.05) is 12.1 Å². The van der Waals surface area contributed by atoms with Crippen LogP contribution in [0.15, 0.2) is 35.2 Å². The van der Waals surface area contributed by atoms with E-state index in [0.717, 1.165) is 5.56 Å². The van der Waals surface area contributed by atoms with Crippen LogP contribution in [0, 0.1) is 6.92 Å². The third-order valence-electron chi connectivity index (χ3n) is 2.02. The third-order valence-corrected chi connectivity index (χ3v) is 2.02. The van der Waals surface area contributed by atoms with Gasteiger partial charge in [-0.15, -0.1) is 0 Å². The molecule has 0 amide bonds. The number of pyridine rings is 1. The molecular weight excluding hydrogens is 192 g/mol. The molecule has 15 heavy (non-hydrogen) atoms. The summed E-state index contributed by atoms with van der Waals surface area (Å²) in [6, 6.07) is 3.62. The maximum atomic E-state index is 11.7. The lowest BCUT2D eigenvalue weighted by Gasteiger charge is -1.96. The van der Waals surface area contributed by atoms with Gasteiger partial charge < -0.3 is 4.42 Å². The first-order valence-corrected chi connectivity index (χ1v) is 4.60. The summed E-state index contributed by atoms with van der Waals surface area (Å²) in [4.78, 5) is 19.5. The Bertz CT molecular complexity index is 462. The molecule has 0 aliphatic heterocycles. The monoisotopic (exact) mass is 202 g/mol. The Labute approximate surface area is 87.0 Å². The maximum absolute atomic E-state index is 11.7. The van der Waals surface area contributed by atoms with Gasteiger partial charge in [-0.3, -0.25) is 9.78 Å². The normalized spacial score (nSPS) is 10.2. The van der Waals surface area contributed by atoms with Crippen LogP contribution >= 0.6 is 0 Å². The van der Waals surface area contributed by atoms with Gasteiger partial charge in [-0.25, -0.2) is 4.98 Å². The smallest absolute Gasteiger partial charge is 0.191 e. The van der Waals surface area contributed by atoms with Gasteiger partial charge in [-0.1, -0.05) is 0 Å². The number of rotatable bonds is 3. The lowest BCUT2D eigenvalue weighted by atomic mass is 10.1. The number of nitrogens with zero attached hydrogens (tertiary/aromatic N) is 2. The Kier molecular flexibility index (Phi) is 2.58. The molecule has 2 aromatic heterocycles. The summed E-state index contributed by atoms with van der Waals surface area (Å²) in [7, 11) is 0. The van der Waals surface area contributed by atoms with Crippen LogP contribution in [0.4, 0.5) is 0 Å². The van der Waals surface area contributed by atoms with Gasteiger partial charge in [0, 0.05) is 25.7 Å². The number of carbonyl (C=O) groups excluding carboxylic acids is 1. The quantitative estimate of drug-likeness (QED) is 0.712. The number of ketones is 1. The summed E-state index contributed by atoms with van der Waals surface area (Å²) in [6.45, 7) is 1.71. The average molecular weight is 202 g/mol. The number of aromatic nitrogens is 2. The number of Topliss-reactive ketones (excluding diaryl/α,β-unsaturated/α-hetero) is 1. The van der Waals surface area contributed by atoms with E-state index in [1.54, 1.807) is 19.3 Å². The first-order valence-electron chi connectivity index (χ1n) is 4.60. The van der Waals surface area contributed by atoms with Crippen LogP contribution in [0.5, 0.6) is 0 Å². The summed E-state index contributed by atoms with van der Waals surface area (Å²) in [5.41, 5.74) is 1.31. The maximum Gasteiger partial charge on any atom is 0.191 e. The van der Waals surface area contributed by atoms with Gasteiger partial charge in [0.1, 0.15) is 12.0 Å². The van der Waals surface area contributed by atoms with E-state index in [4.69, 9.17) is 4.42 Å². The Morgan fingerprint density at radius 3 is 2.73 bits per heavy atom. The van der Waals surface area contributed by atoms with Crippen molar-refractivity contribution in [3.05, 3.63) is 47.9 Å². The zero-order valence-electron chi connectivity index (χ0n) is 8.30. The number of hydrogen-bond donors (Lipinski definition) is 0. The molecule has 0 aromatic carbocycles. The third kappa shape index (κ3) is 2.28. The molecule has 0 fully saturated rings. The van der Waals surface area contributed by atoms with Crippen molar-refractivity contribution in [1.29, 1.82) is 0 Å². The van der Waals surface area contributed by atoms with Gasteiger partial charge in [0.25, 0.3) is 0 Å².